The fraction of sp³-hybridized carbons (Fsp3) is 0.800. The summed E-state index contributed by atoms with van der Waals surface area (Å²) in [7, 11) is 2.15. The Kier molecular flexibility index (Phi) is 4.78. The zero-order valence-electron chi connectivity index (χ0n) is 8.25. The molecule has 0 amide bonds. The van der Waals surface area contributed by atoms with Gasteiger partial charge >= 0.3 is 0 Å². The lowest BCUT2D eigenvalue weighted by atomic mass is 10.0. The highest BCUT2D eigenvalue weighted by molar-refractivity contribution is 6.25. The van der Waals surface area contributed by atoms with E-state index in [1.54, 1.807) is 5.54 Å². The van der Waals surface area contributed by atoms with E-state index in [-0.39, 0.29) is 0 Å². The van der Waals surface area contributed by atoms with Crippen molar-refractivity contribution < 1.29 is 0 Å². The van der Waals surface area contributed by atoms with E-state index < -0.39 is 0 Å². The smallest absolute Gasteiger partial charge is 0.0174 e. The van der Waals surface area contributed by atoms with Gasteiger partial charge in [0.2, 0.25) is 0 Å². The average molecular weight is 203 g/mol. The van der Waals surface area contributed by atoms with Gasteiger partial charge in [0, 0.05) is 18.1 Å². The number of hydrogen-bond donors (Lipinski definition) is 1. The monoisotopic (exact) mass is 202 g/mol. The van der Waals surface area contributed by atoms with Crippen molar-refractivity contribution in [2.45, 2.75) is 25.3 Å². The first kappa shape index (κ1) is 11.0. The van der Waals surface area contributed by atoms with Gasteiger partial charge in [0.15, 0.2) is 0 Å². The molecule has 0 saturated heterocycles. The van der Waals surface area contributed by atoms with Crippen molar-refractivity contribution in [3.8, 4) is 0 Å². The second-order valence-corrected chi connectivity index (χ2v) is 4.05. The van der Waals surface area contributed by atoms with Crippen LogP contribution in [-0.4, -0.2) is 31.1 Å². The number of hydrogen-bond acceptors (Lipinski definition) is 2. The van der Waals surface area contributed by atoms with Crippen molar-refractivity contribution in [2.75, 3.05) is 20.1 Å². The molecule has 0 aromatic heterocycles. The maximum Gasteiger partial charge on any atom is 0.0174 e. The number of nitrogens with two attached hydrogens (primary N) is 1. The first-order valence-electron chi connectivity index (χ1n) is 4.95. The van der Waals surface area contributed by atoms with Gasteiger partial charge in [0.05, 0.1) is 0 Å². The molecule has 13 heavy (non-hydrogen) atoms. The topological polar surface area (TPSA) is 29.3 Å². The first-order chi connectivity index (χ1) is 6.29. The fourth-order valence-corrected chi connectivity index (χ4v) is 2.29. The number of rotatable bonds is 4. The maximum absolute atomic E-state index is 5.72. The number of likely N-dealkylation sites (N-methyl/N-ethyl adjacent to an activating group) is 1. The highest BCUT2D eigenvalue weighted by Gasteiger charge is 2.28. The normalized spacial score (nSPS) is 29.2. The highest BCUT2D eigenvalue weighted by atomic mass is 35.5. The maximum atomic E-state index is 5.72. The van der Waals surface area contributed by atoms with E-state index >= 15 is 0 Å². The number of nitrogens with zero attached hydrogens (tertiary/aromatic N) is 1. The van der Waals surface area contributed by atoms with Crippen LogP contribution < -0.4 is 5.73 Å². The van der Waals surface area contributed by atoms with Crippen molar-refractivity contribution in [1.82, 2.24) is 4.90 Å². The van der Waals surface area contributed by atoms with E-state index in [0.29, 0.717) is 12.0 Å². The van der Waals surface area contributed by atoms with Crippen LogP contribution in [0.3, 0.4) is 0 Å². The van der Waals surface area contributed by atoms with Gasteiger partial charge in [-0.25, -0.2) is 0 Å². The molecular formula is C10H19ClN2. The summed E-state index contributed by atoms with van der Waals surface area (Å²) in [6.45, 7) is 1.75. The van der Waals surface area contributed by atoms with E-state index in [4.69, 9.17) is 17.3 Å². The van der Waals surface area contributed by atoms with Crippen molar-refractivity contribution in [1.29, 1.82) is 0 Å². The Labute approximate surface area is 85.7 Å². The Morgan fingerprint density at radius 3 is 2.92 bits per heavy atom. The molecule has 0 aliphatic heterocycles. The quantitative estimate of drug-likeness (QED) is 0.754. The average Bonchev–Trinajstić information content (AvgIpc) is 2.61. The minimum atomic E-state index is 0.665. The molecule has 3 heteroatoms. The molecule has 1 aliphatic rings. The third-order valence-corrected chi connectivity index (χ3v) is 3.15. The van der Waals surface area contributed by atoms with Gasteiger partial charge in [-0.3, -0.25) is 4.90 Å². The minimum absolute atomic E-state index is 0.665. The molecule has 1 fully saturated rings. The van der Waals surface area contributed by atoms with Crippen molar-refractivity contribution in [2.24, 2.45) is 11.7 Å². The molecule has 1 aliphatic carbocycles. The molecule has 1 rings (SSSR count). The standard InChI is InChI=1S/C10H19ClN2/c1-13(7-3-6-11)10-5-2-4-9(10)8-12/h3,6,9-10H,2,4-5,7-8,12H2,1H3. The van der Waals surface area contributed by atoms with Crippen molar-refractivity contribution in [3.63, 3.8) is 0 Å². The van der Waals surface area contributed by atoms with Crippen LogP contribution >= 0.6 is 11.6 Å². The summed E-state index contributed by atoms with van der Waals surface area (Å²) in [6.07, 6.45) is 5.87. The zero-order chi connectivity index (χ0) is 9.68. The third kappa shape index (κ3) is 2.97. The third-order valence-electron chi connectivity index (χ3n) is 2.97. The van der Waals surface area contributed by atoms with Gasteiger partial charge in [-0.2, -0.15) is 0 Å². The molecule has 1 saturated carbocycles. The van der Waals surface area contributed by atoms with Gasteiger partial charge in [0.25, 0.3) is 0 Å². The summed E-state index contributed by atoms with van der Waals surface area (Å²) in [6, 6.07) is 0.665. The Bertz CT molecular complexity index is 170. The molecular weight excluding hydrogens is 184 g/mol. The molecule has 2 atom stereocenters. The summed E-state index contributed by atoms with van der Waals surface area (Å²) in [5, 5.41) is 0. The second kappa shape index (κ2) is 5.63. The SMILES string of the molecule is CN(CC=CCl)C1CCCC1CN. The van der Waals surface area contributed by atoms with Crippen LogP contribution in [0, 0.1) is 5.92 Å². The van der Waals surface area contributed by atoms with Crippen LogP contribution in [0.5, 0.6) is 0 Å². The lowest BCUT2D eigenvalue weighted by molar-refractivity contribution is 0.220. The summed E-state index contributed by atoms with van der Waals surface area (Å²) >= 11 is 5.49. The van der Waals surface area contributed by atoms with Crippen molar-refractivity contribution >= 4 is 11.6 Å². The molecule has 0 bridgehead atoms. The summed E-state index contributed by atoms with van der Waals surface area (Å²) in [5.74, 6) is 0.689. The van der Waals surface area contributed by atoms with Gasteiger partial charge in [-0.05, 0) is 32.4 Å². The van der Waals surface area contributed by atoms with E-state index in [1.807, 2.05) is 6.08 Å². The van der Waals surface area contributed by atoms with Crippen LogP contribution in [0.1, 0.15) is 19.3 Å². The Balaban J connectivity index is 2.40. The highest BCUT2D eigenvalue weighted by Crippen LogP contribution is 2.28. The van der Waals surface area contributed by atoms with Crippen LogP contribution in [0.4, 0.5) is 0 Å². The molecule has 2 unspecified atom stereocenters. The van der Waals surface area contributed by atoms with E-state index in [0.717, 1.165) is 13.1 Å². The molecule has 0 spiro atoms. The Morgan fingerprint density at radius 1 is 1.54 bits per heavy atom. The molecule has 0 aromatic rings. The summed E-state index contributed by atoms with van der Waals surface area (Å²) < 4.78 is 0. The van der Waals surface area contributed by atoms with Crippen LogP contribution in [0.25, 0.3) is 0 Å². The molecule has 0 radical (unpaired) electrons. The molecule has 2 N–H and O–H groups in total. The Hall–Kier alpha value is -0.0500. The summed E-state index contributed by atoms with van der Waals surface area (Å²) in [5.41, 5.74) is 7.31. The molecule has 0 aromatic carbocycles. The zero-order valence-corrected chi connectivity index (χ0v) is 9.00. The minimum Gasteiger partial charge on any atom is -0.330 e. The van der Waals surface area contributed by atoms with E-state index in [2.05, 4.69) is 11.9 Å². The Morgan fingerprint density at radius 2 is 2.31 bits per heavy atom. The van der Waals surface area contributed by atoms with Gasteiger partial charge in [-0.1, -0.05) is 24.1 Å². The lowest BCUT2D eigenvalue weighted by Crippen LogP contribution is -2.37. The first-order valence-corrected chi connectivity index (χ1v) is 5.38. The van der Waals surface area contributed by atoms with E-state index in [1.165, 1.54) is 19.3 Å². The van der Waals surface area contributed by atoms with Crippen LogP contribution in [0.2, 0.25) is 0 Å². The summed E-state index contributed by atoms with van der Waals surface area (Å²) in [4.78, 5) is 2.35. The van der Waals surface area contributed by atoms with Gasteiger partial charge < -0.3 is 5.73 Å². The van der Waals surface area contributed by atoms with Crippen LogP contribution in [-0.2, 0) is 0 Å². The second-order valence-electron chi connectivity index (χ2n) is 3.80. The molecule has 0 heterocycles. The van der Waals surface area contributed by atoms with Crippen molar-refractivity contribution in [3.05, 3.63) is 11.6 Å². The number of halogens is 1. The predicted molar refractivity (Wildman–Crippen MR) is 57.8 cm³/mol. The lowest BCUT2D eigenvalue weighted by Gasteiger charge is -2.27. The van der Waals surface area contributed by atoms with E-state index in [9.17, 15) is 0 Å². The predicted octanol–water partition coefficient (Wildman–Crippen LogP) is 1.80. The van der Waals surface area contributed by atoms with Gasteiger partial charge in [0.1, 0.15) is 0 Å². The van der Waals surface area contributed by atoms with Crippen LogP contribution in [0.15, 0.2) is 11.6 Å². The molecule has 2 nitrogen and oxygen atoms in total. The largest absolute Gasteiger partial charge is 0.330 e. The molecule has 76 valence electrons. The fourth-order valence-electron chi connectivity index (χ4n) is 2.21. The van der Waals surface area contributed by atoms with Gasteiger partial charge in [-0.15, -0.1) is 0 Å².